The van der Waals surface area contributed by atoms with Crippen LogP contribution in [0.1, 0.15) is 31.3 Å². The number of aryl methyl sites for hydroxylation is 1. The number of nitrogens with zero attached hydrogens (tertiary/aromatic N) is 1. The Morgan fingerprint density at radius 2 is 2.12 bits per heavy atom. The molecule has 92 valence electrons. The van der Waals surface area contributed by atoms with Crippen molar-refractivity contribution in [1.29, 1.82) is 0 Å². The fourth-order valence-corrected chi connectivity index (χ4v) is 1.60. The molecule has 0 spiro atoms. The zero-order valence-corrected chi connectivity index (χ0v) is 10.8. The molecule has 0 amide bonds. The van der Waals surface area contributed by atoms with Crippen molar-refractivity contribution in [2.75, 3.05) is 26.7 Å². The average Bonchev–Trinajstić information content (AvgIpc) is 2.67. The van der Waals surface area contributed by atoms with E-state index in [0.29, 0.717) is 0 Å². The number of hydrogen-bond donors (Lipinski definition) is 1. The van der Waals surface area contributed by atoms with Gasteiger partial charge in [-0.05, 0) is 39.1 Å². The smallest absolute Gasteiger partial charge is 0.117 e. The lowest BCUT2D eigenvalue weighted by Gasteiger charge is -2.15. The van der Waals surface area contributed by atoms with Crippen LogP contribution < -0.4 is 5.32 Å². The summed E-state index contributed by atoms with van der Waals surface area (Å²) in [6, 6.07) is 4.04. The molecule has 1 aromatic rings. The van der Waals surface area contributed by atoms with E-state index in [1.54, 1.807) is 0 Å². The summed E-state index contributed by atoms with van der Waals surface area (Å²) in [5.41, 5.74) is 0. The molecule has 0 aliphatic carbocycles. The molecule has 0 atom stereocenters. The Hall–Kier alpha value is -0.800. The van der Waals surface area contributed by atoms with Gasteiger partial charge in [-0.25, -0.2) is 0 Å². The van der Waals surface area contributed by atoms with E-state index in [0.717, 1.165) is 31.2 Å². The first-order chi connectivity index (χ1) is 7.72. The fraction of sp³-hybridized carbons (Fsp3) is 0.692. The average molecular weight is 224 g/mol. The Morgan fingerprint density at radius 3 is 2.75 bits per heavy atom. The first-order valence-corrected chi connectivity index (χ1v) is 6.17. The first kappa shape index (κ1) is 13.3. The molecular formula is C13H24N2O. The van der Waals surface area contributed by atoms with Crippen LogP contribution in [0, 0.1) is 6.92 Å². The van der Waals surface area contributed by atoms with Gasteiger partial charge in [-0.2, -0.15) is 0 Å². The predicted molar refractivity (Wildman–Crippen MR) is 67.6 cm³/mol. The molecule has 0 bridgehead atoms. The lowest BCUT2D eigenvalue weighted by Crippen LogP contribution is -2.29. The van der Waals surface area contributed by atoms with Gasteiger partial charge < -0.3 is 14.6 Å². The van der Waals surface area contributed by atoms with Crippen molar-refractivity contribution in [2.45, 2.75) is 33.2 Å². The van der Waals surface area contributed by atoms with Crippen LogP contribution in [0.4, 0.5) is 0 Å². The largest absolute Gasteiger partial charge is 0.465 e. The zero-order valence-electron chi connectivity index (χ0n) is 10.8. The van der Waals surface area contributed by atoms with E-state index >= 15 is 0 Å². The van der Waals surface area contributed by atoms with Crippen molar-refractivity contribution in [3.05, 3.63) is 23.7 Å². The van der Waals surface area contributed by atoms with Crippen LogP contribution in [0.2, 0.25) is 0 Å². The van der Waals surface area contributed by atoms with Gasteiger partial charge in [0.1, 0.15) is 11.5 Å². The Labute approximate surface area is 98.8 Å². The van der Waals surface area contributed by atoms with Crippen LogP contribution in [-0.2, 0) is 6.54 Å². The minimum atomic E-state index is 0.829. The Bertz CT molecular complexity index is 283. The maximum Gasteiger partial charge on any atom is 0.117 e. The van der Waals surface area contributed by atoms with Gasteiger partial charge in [-0.1, -0.05) is 13.3 Å². The molecule has 0 saturated carbocycles. The van der Waals surface area contributed by atoms with Gasteiger partial charge in [0.2, 0.25) is 0 Å². The van der Waals surface area contributed by atoms with Crippen molar-refractivity contribution in [1.82, 2.24) is 10.2 Å². The molecule has 1 rings (SSSR count). The molecule has 3 heteroatoms. The van der Waals surface area contributed by atoms with Crippen LogP contribution in [0.15, 0.2) is 16.5 Å². The summed E-state index contributed by atoms with van der Waals surface area (Å²) >= 11 is 0. The number of nitrogens with one attached hydrogen (secondary N) is 1. The fourth-order valence-electron chi connectivity index (χ4n) is 1.60. The third kappa shape index (κ3) is 5.33. The van der Waals surface area contributed by atoms with Crippen molar-refractivity contribution in [3.8, 4) is 0 Å². The highest BCUT2D eigenvalue weighted by atomic mass is 16.3. The molecular weight excluding hydrogens is 200 g/mol. The number of rotatable bonds is 8. The van der Waals surface area contributed by atoms with Crippen LogP contribution in [0.3, 0.4) is 0 Å². The maximum absolute atomic E-state index is 5.48. The minimum Gasteiger partial charge on any atom is -0.465 e. The normalized spacial score (nSPS) is 11.2. The Balaban J connectivity index is 2.03. The van der Waals surface area contributed by atoms with Gasteiger partial charge in [-0.15, -0.1) is 0 Å². The summed E-state index contributed by atoms with van der Waals surface area (Å²) in [5.74, 6) is 2.01. The second-order valence-electron chi connectivity index (χ2n) is 4.35. The van der Waals surface area contributed by atoms with E-state index in [1.165, 1.54) is 19.4 Å². The first-order valence-electron chi connectivity index (χ1n) is 6.17. The summed E-state index contributed by atoms with van der Waals surface area (Å²) in [6.45, 7) is 8.33. The molecule has 1 heterocycles. The van der Waals surface area contributed by atoms with Gasteiger partial charge in [0, 0.05) is 13.1 Å². The molecule has 0 aromatic carbocycles. The van der Waals surface area contributed by atoms with E-state index in [-0.39, 0.29) is 0 Å². The standard InChI is InChI=1S/C13H24N2O/c1-4-5-9-15(3)10-8-14-11-13-7-6-12(2)16-13/h6-7,14H,4-5,8-11H2,1-3H3. The third-order valence-electron chi connectivity index (χ3n) is 2.66. The second-order valence-corrected chi connectivity index (χ2v) is 4.35. The molecule has 0 aliphatic heterocycles. The van der Waals surface area contributed by atoms with E-state index in [1.807, 2.05) is 19.1 Å². The molecule has 0 aliphatic rings. The second kappa shape index (κ2) is 7.47. The number of likely N-dealkylation sites (N-methyl/N-ethyl adjacent to an activating group) is 1. The molecule has 0 unspecified atom stereocenters. The lowest BCUT2D eigenvalue weighted by atomic mass is 10.3. The van der Waals surface area contributed by atoms with Crippen LogP contribution >= 0.6 is 0 Å². The Kier molecular flexibility index (Phi) is 6.19. The topological polar surface area (TPSA) is 28.4 Å². The summed E-state index contributed by atoms with van der Waals surface area (Å²) in [6.07, 6.45) is 2.55. The minimum absolute atomic E-state index is 0.829. The highest BCUT2D eigenvalue weighted by molar-refractivity contribution is 5.04. The molecule has 1 aromatic heterocycles. The van der Waals surface area contributed by atoms with Crippen molar-refractivity contribution in [2.24, 2.45) is 0 Å². The summed E-state index contributed by atoms with van der Waals surface area (Å²) in [7, 11) is 2.17. The van der Waals surface area contributed by atoms with Crippen molar-refractivity contribution >= 4 is 0 Å². The van der Waals surface area contributed by atoms with Gasteiger partial charge >= 0.3 is 0 Å². The zero-order chi connectivity index (χ0) is 11.8. The van der Waals surface area contributed by atoms with Gasteiger partial charge in [0.05, 0.1) is 6.54 Å². The molecule has 16 heavy (non-hydrogen) atoms. The molecule has 0 radical (unpaired) electrons. The highest BCUT2D eigenvalue weighted by Gasteiger charge is 1.99. The van der Waals surface area contributed by atoms with E-state index < -0.39 is 0 Å². The number of unbranched alkanes of at least 4 members (excludes halogenated alkanes) is 1. The summed E-state index contributed by atoms with van der Waals surface area (Å²) in [5, 5.41) is 3.39. The number of furan rings is 1. The SMILES string of the molecule is CCCCN(C)CCNCc1ccc(C)o1. The van der Waals surface area contributed by atoms with Crippen molar-refractivity contribution < 1.29 is 4.42 Å². The summed E-state index contributed by atoms with van der Waals surface area (Å²) in [4.78, 5) is 2.36. The lowest BCUT2D eigenvalue weighted by molar-refractivity contribution is 0.322. The quantitative estimate of drug-likeness (QED) is 0.687. The van der Waals surface area contributed by atoms with Crippen LogP contribution in [0.5, 0.6) is 0 Å². The number of hydrogen-bond acceptors (Lipinski definition) is 3. The third-order valence-corrected chi connectivity index (χ3v) is 2.66. The highest BCUT2D eigenvalue weighted by Crippen LogP contribution is 2.05. The molecule has 1 N–H and O–H groups in total. The predicted octanol–water partition coefficient (Wildman–Crippen LogP) is 2.41. The van der Waals surface area contributed by atoms with E-state index in [2.05, 4.69) is 24.2 Å². The Morgan fingerprint density at radius 1 is 1.31 bits per heavy atom. The van der Waals surface area contributed by atoms with E-state index in [4.69, 9.17) is 4.42 Å². The molecule has 0 saturated heterocycles. The van der Waals surface area contributed by atoms with Crippen molar-refractivity contribution in [3.63, 3.8) is 0 Å². The van der Waals surface area contributed by atoms with Crippen LogP contribution in [0.25, 0.3) is 0 Å². The van der Waals surface area contributed by atoms with Gasteiger partial charge in [0.25, 0.3) is 0 Å². The monoisotopic (exact) mass is 224 g/mol. The van der Waals surface area contributed by atoms with Gasteiger partial charge in [0.15, 0.2) is 0 Å². The maximum atomic E-state index is 5.48. The van der Waals surface area contributed by atoms with Crippen LogP contribution in [-0.4, -0.2) is 31.6 Å². The molecule has 0 fully saturated rings. The molecule has 3 nitrogen and oxygen atoms in total. The summed E-state index contributed by atoms with van der Waals surface area (Å²) < 4.78 is 5.48. The van der Waals surface area contributed by atoms with Gasteiger partial charge in [-0.3, -0.25) is 0 Å². The van der Waals surface area contributed by atoms with E-state index in [9.17, 15) is 0 Å².